The smallest absolute Gasteiger partial charge is 0.00944 e. The molecule has 2 heterocycles. The molecule has 21 heavy (non-hydrogen) atoms. The van der Waals surface area contributed by atoms with Gasteiger partial charge in [-0.2, -0.15) is 0 Å². The Morgan fingerprint density at radius 2 is 1.10 bits per heavy atom. The van der Waals surface area contributed by atoms with E-state index in [9.17, 15) is 0 Å². The molecule has 0 aliphatic carbocycles. The number of hydrogen-bond acceptors (Lipinski definition) is 3. The average molecular weight is 363 g/mol. The summed E-state index contributed by atoms with van der Waals surface area (Å²) >= 11 is 0. The van der Waals surface area contributed by atoms with Gasteiger partial charge in [0.25, 0.3) is 0 Å². The number of hydrogen-bond donors (Lipinski definition) is 2. The zero-order chi connectivity index (χ0) is 12.8. The van der Waals surface area contributed by atoms with Gasteiger partial charge >= 0.3 is 0 Å². The summed E-state index contributed by atoms with van der Waals surface area (Å²) in [5.41, 5.74) is 0. The van der Waals surface area contributed by atoms with Crippen molar-refractivity contribution in [3.8, 4) is 0 Å². The van der Waals surface area contributed by atoms with Crippen LogP contribution in [0.3, 0.4) is 0 Å². The van der Waals surface area contributed by atoms with Crippen LogP contribution < -0.4 is 10.6 Å². The second kappa shape index (κ2) is 13.2. The van der Waals surface area contributed by atoms with Gasteiger partial charge in [-0.1, -0.05) is 0 Å². The molecule has 0 spiro atoms. The SMILES string of the molecule is CN(C)C(CC1CCNCC1)CC1CCNCC1.Cl.Cl.Cl. The predicted molar refractivity (Wildman–Crippen MR) is 99.6 cm³/mol. The fourth-order valence-corrected chi connectivity index (χ4v) is 3.52. The van der Waals surface area contributed by atoms with Crippen molar-refractivity contribution in [1.29, 1.82) is 0 Å². The number of nitrogens with zero attached hydrogens (tertiary/aromatic N) is 1. The van der Waals surface area contributed by atoms with Crippen LogP contribution in [-0.4, -0.2) is 51.2 Å². The number of nitrogens with one attached hydrogen (secondary N) is 2. The average Bonchev–Trinajstić information content (AvgIpc) is 2.40. The Morgan fingerprint density at radius 3 is 1.38 bits per heavy atom. The number of piperidine rings is 2. The van der Waals surface area contributed by atoms with Gasteiger partial charge in [-0.25, -0.2) is 0 Å². The van der Waals surface area contributed by atoms with E-state index in [1.54, 1.807) is 0 Å². The summed E-state index contributed by atoms with van der Waals surface area (Å²) in [6.07, 6.45) is 8.37. The molecule has 2 aliphatic heterocycles. The molecule has 0 aromatic heterocycles. The Bertz CT molecular complexity index is 210. The van der Waals surface area contributed by atoms with E-state index in [1.807, 2.05) is 0 Å². The minimum absolute atomic E-state index is 0. The van der Waals surface area contributed by atoms with Gasteiger partial charge in [0.1, 0.15) is 0 Å². The highest BCUT2D eigenvalue weighted by atomic mass is 35.5. The third kappa shape index (κ3) is 8.83. The molecule has 130 valence electrons. The van der Waals surface area contributed by atoms with Crippen LogP contribution in [0, 0.1) is 11.8 Å². The van der Waals surface area contributed by atoms with E-state index in [0.717, 1.165) is 17.9 Å². The molecule has 2 N–H and O–H groups in total. The molecule has 2 aliphatic rings. The van der Waals surface area contributed by atoms with Crippen LogP contribution in [0.4, 0.5) is 0 Å². The summed E-state index contributed by atoms with van der Waals surface area (Å²) in [7, 11) is 4.54. The number of rotatable bonds is 5. The summed E-state index contributed by atoms with van der Waals surface area (Å²) < 4.78 is 0. The van der Waals surface area contributed by atoms with Gasteiger partial charge in [0.15, 0.2) is 0 Å². The second-order valence-electron chi connectivity index (χ2n) is 6.48. The van der Waals surface area contributed by atoms with E-state index in [-0.39, 0.29) is 37.2 Å². The van der Waals surface area contributed by atoms with Crippen LogP contribution in [0.2, 0.25) is 0 Å². The summed E-state index contributed by atoms with van der Waals surface area (Å²) in [6.45, 7) is 4.94. The third-order valence-corrected chi connectivity index (χ3v) is 4.86. The van der Waals surface area contributed by atoms with Crippen LogP contribution >= 0.6 is 37.2 Å². The van der Waals surface area contributed by atoms with Crippen molar-refractivity contribution in [2.24, 2.45) is 11.8 Å². The fourth-order valence-electron chi connectivity index (χ4n) is 3.52. The molecule has 0 amide bonds. The molecule has 0 bridgehead atoms. The van der Waals surface area contributed by atoms with Gasteiger partial charge in [0, 0.05) is 6.04 Å². The quantitative estimate of drug-likeness (QED) is 0.787. The van der Waals surface area contributed by atoms with Gasteiger partial charge in [-0.15, -0.1) is 37.2 Å². The van der Waals surface area contributed by atoms with E-state index in [1.165, 1.54) is 64.7 Å². The van der Waals surface area contributed by atoms with Crippen LogP contribution in [0.5, 0.6) is 0 Å². The zero-order valence-electron chi connectivity index (χ0n) is 13.5. The topological polar surface area (TPSA) is 27.3 Å². The molecule has 0 unspecified atom stereocenters. The lowest BCUT2D eigenvalue weighted by Gasteiger charge is -2.34. The van der Waals surface area contributed by atoms with Crippen molar-refractivity contribution in [3.63, 3.8) is 0 Å². The first kappa shape index (κ1) is 24.0. The molecule has 3 nitrogen and oxygen atoms in total. The highest BCUT2D eigenvalue weighted by Crippen LogP contribution is 2.26. The van der Waals surface area contributed by atoms with Crippen LogP contribution in [0.1, 0.15) is 38.5 Å². The lowest BCUT2D eigenvalue weighted by molar-refractivity contribution is 0.176. The molecule has 2 fully saturated rings. The van der Waals surface area contributed by atoms with Gasteiger partial charge in [-0.3, -0.25) is 0 Å². The largest absolute Gasteiger partial charge is 0.317 e. The maximum Gasteiger partial charge on any atom is 0.00944 e. The summed E-state index contributed by atoms with van der Waals surface area (Å²) in [4.78, 5) is 2.48. The van der Waals surface area contributed by atoms with E-state index in [4.69, 9.17) is 0 Å². The lowest BCUT2D eigenvalue weighted by atomic mass is 9.84. The van der Waals surface area contributed by atoms with Crippen molar-refractivity contribution < 1.29 is 0 Å². The maximum absolute atomic E-state index is 3.48. The van der Waals surface area contributed by atoms with Crippen molar-refractivity contribution in [3.05, 3.63) is 0 Å². The van der Waals surface area contributed by atoms with Gasteiger partial charge in [0.2, 0.25) is 0 Å². The summed E-state index contributed by atoms with van der Waals surface area (Å²) in [6, 6.07) is 0.802. The zero-order valence-corrected chi connectivity index (χ0v) is 15.9. The monoisotopic (exact) mass is 361 g/mol. The minimum Gasteiger partial charge on any atom is -0.317 e. The Morgan fingerprint density at radius 1 is 0.762 bits per heavy atom. The summed E-state index contributed by atoms with van der Waals surface area (Å²) in [5, 5.41) is 6.95. The highest BCUT2D eigenvalue weighted by Gasteiger charge is 2.24. The summed E-state index contributed by atoms with van der Waals surface area (Å²) in [5.74, 6) is 1.92. The first-order chi connectivity index (χ1) is 8.75. The minimum atomic E-state index is 0. The van der Waals surface area contributed by atoms with Crippen molar-refractivity contribution in [2.75, 3.05) is 40.3 Å². The van der Waals surface area contributed by atoms with Gasteiger partial charge < -0.3 is 15.5 Å². The molecule has 0 atom stereocenters. The normalized spacial score (nSPS) is 20.6. The molecule has 0 saturated carbocycles. The maximum atomic E-state index is 3.48. The fraction of sp³-hybridized carbons (Fsp3) is 1.00. The van der Waals surface area contributed by atoms with E-state index in [0.29, 0.717) is 0 Å². The standard InChI is InChI=1S/C15H31N3.3ClH/c1-18(2)15(11-13-3-7-16-8-4-13)12-14-5-9-17-10-6-14;;;/h13-17H,3-12H2,1-2H3;3*1H. The van der Waals surface area contributed by atoms with Crippen molar-refractivity contribution in [2.45, 2.75) is 44.6 Å². The predicted octanol–water partition coefficient (Wildman–Crippen LogP) is 2.96. The van der Waals surface area contributed by atoms with Gasteiger partial charge in [0.05, 0.1) is 0 Å². The van der Waals surface area contributed by atoms with E-state index in [2.05, 4.69) is 29.6 Å². The van der Waals surface area contributed by atoms with Crippen LogP contribution in [-0.2, 0) is 0 Å². The second-order valence-corrected chi connectivity index (χ2v) is 6.48. The molecule has 2 saturated heterocycles. The Kier molecular flexibility index (Phi) is 15.1. The van der Waals surface area contributed by atoms with Crippen molar-refractivity contribution in [1.82, 2.24) is 15.5 Å². The van der Waals surface area contributed by atoms with Crippen molar-refractivity contribution >= 4 is 37.2 Å². The number of halogens is 3. The highest BCUT2D eigenvalue weighted by molar-refractivity contribution is 5.86. The lowest BCUT2D eigenvalue weighted by Crippen LogP contribution is -2.37. The van der Waals surface area contributed by atoms with Gasteiger partial charge in [-0.05, 0) is 90.6 Å². The van der Waals surface area contributed by atoms with Crippen LogP contribution in [0.25, 0.3) is 0 Å². The van der Waals surface area contributed by atoms with Crippen LogP contribution in [0.15, 0.2) is 0 Å². The Labute approximate surface area is 149 Å². The molecule has 2 rings (SSSR count). The first-order valence-electron chi connectivity index (χ1n) is 7.83. The van der Waals surface area contributed by atoms with E-state index >= 15 is 0 Å². The molecular weight excluding hydrogens is 329 g/mol. The Balaban J connectivity index is 0. The third-order valence-electron chi connectivity index (χ3n) is 4.86. The van der Waals surface area contributed by atoms with E-state index < -0.39 is 0 Å². The molecule has 0 aromatic rings. The Hall–Kier alpha value is 0.750. The molecule has 6 heteroatoms. The molecule has 0 radical (unpaired) electrons. The first-order valence-corrected chi connectivity index (χ1v) is 7.83. The molecular formula is C15H34Cl3N3. The molecule has 0 aromatic carbocycles.